The van der Waals surface area contributed by atoms with Gasteiger partial charge in [0.2, 0.25) is 0 Å². The normalized spacial score (nSPS) is 12.1. The molecular weight excluding hydrogens is 308 g/mol. The van der Waals surface area contributed by atoms with Crippen molar-refractivity contribution >= 4 is 45.9 Å². The summed E-state index contributed by atoms with van der Waals surface area (Å²) in [7, 11) is 0. The van der Waals surface area contributed by atoms with Crippen LogP contribution in [0.2, 0.25) is 5.02 Å². The minimum Gasteiger partial charge on any atom is -0.454 e. The van der Waals surface area contributed by atoms with Crippen LogP contribution >= 0.6 is 23.4 Å². The van der Waals surface area contributed by atoms with Crippen LogP contribution in [0.1, 0.15) is 13.8 Å². The SMILES string of the molecule is CC(=O)C(C)OC(=O)CSc1cccc2cccc(Cl)c12. The van der Waals surface area contributed by atoms with E-state index in [-0.39, 0.29) is 11.5 Å². The molecule has 0 saturated heterocycles. The molecule has 5 heteroatoms. The molecule has 0 N–H and O–H groups in total. The smallest absolute Gasteiger partial charge is 0.316 e. The van der Waals surface area contributed by atoms with Gasteiger partial charge in [0.25, 0.3) is 0 Å². The van der Waals surface area contributed by atoms with Crippen molar-refractivity contribution in [2.24, 2.45) is 0 Å². The number of thioether (sulfide) groups is 1. The highest BCUT2D eigenvalue weighted by atomic mass is 35.5. The lowest BCUT2D eigenvalue weighted by atomic mass is 10.1. The predicted molar refractivity (Wildman–Crippen MR) is 85.9 cm³/mol. The van der Waals surface area contributed by atoms with Crippen molar-refractivity contribution in [1.29, 1.82) is 0 Å². The molecule has 0 spiro atoms. The van der Waals surface area contributed by atoms with Crippen molar-refractivity contribution in [3.63, 3.8) is 0 Å². The van der Waals surface area contributed by atoms with Gasteiger partial charge in [-0.3, -0.25) is 9.59 Å². The first-order valence-electron chi connectivity index (χ1n) is 6.49. The fourth-order valence-electron chi connectivity index (χ4n) is 1.83. The van der Waals surface area contributed by atoms with E-state index in [0.717, 1.165) is 15.7 Å². The van der Waals surface area contributed by atoms with Gasteiger partial charge >= 0.3 is 5.97 Å². The number of carbonyl (C=O) groups excluding carboxylic acids is 2. The number of ketones is 1. The number of esters is 1. The maximum Gasteiger partial charge on any atom is 0.316 e. The lowest BCUT2D eigenvalue weighted by molar-refractivity contribution is -0.150. The molecule has 2 rings (SSSR count). The summed E-state index contributed by atoms with van der Waals surface area (Å²) in [5, 5.41) is 2.61. The number of halogens is 1. The lowest BCUT2D eigenvalue weighted by Gasteiger charge is -2.11. The standard InChI is InChI=1S/C16H15ClO3S/c1-10(18)11(2)20-15(19)9-21-14-8-4-6-12-5-3-7-13(17)16(12)14/h3-8,11H,9H2,1-2H3. The molecule has 2 aromatic carbocycles. The molecule has 0 radical (unpaired) electrons. The van der Waals surface area contributed by atoms with Gasteiger partial charge < -0.3 is 4.74 Å². The first kappa shape index (κ1) is 15.9. The van der Waals surface area contributed by atoms with Gasteiger partial charge in [0.05, 0.1) is 5.75 Å². The highest BCUT2D eigenvalue weighted by Crippen LogP contribution is 2.33. The summed E-state index contributed by atoms with van der Waals surface area (Å²) in [4.78, 5) is 23.7. The monoisotopic (exact) mass is 322 g/mol. The van der Waals surface area contributed by atoms with Crippen LogP contribution in [0.15, 0.2) is 41.3 Å². The van der Waals surface area contributed by atoms with Crippen molar-refractivity contribution in [1.82, 2.24) is 0 Å². The van der Waals surface area contributed by atoms with E-state index in [4.69, 9.17) is 16.3 Å². The van der Waals surface area contributed by atoms with Gasteiger partial charge in [0.15, 0.2) is 11.9 Å². The first-order valence-corrected chi connectivity index (χ1v) is 7.85. The molecule has 0 aliphatic rings. The molecule has 0 heterocycles. The Bertz CT molecular complexity index is 679. The van der Waals surface area contributed by atoms with Crippen molar-refractivity contribution in [2.45, 2.75) is 24.8 Å². The summed E-state index contributed by atoms with van der Waals surface area (Å²) < 4.78 is 5.03. The number of ether oxygens (including phenoxy) is 1. The number of hydrogen-bond acceptors (Lipinski definition) is 4. The van der Waals surface area contributed by atoms with Gasteiger partial charge in [-0.05, 0) is 31.4 Å². The summed E-state index contributed by atoms with van der Waals surface area (Å²) in [6.45, 7) is 2.97. The maximum atomic E-state index is 11.7. The summed E-state index contributed by atoms with van der Waals surface area (Å²) in [6, 6.07) is 11.5. The number of carbonyl (C=O) groups is 2. The molecule has 21 heavy (non-hydrogen) atoms. The average Bonchev–Trinajstić information content (AvgIpc) is 2.45. The molecule has 0 aromatic heterocycles. The summed E-state index contributed by atoms with van der Waals surface area (Å²) in [5.41, 5.74) is 0. The van der Waals surface area contributed by atoms with E-state index in [1.807, 2.05) is 36.4 Å². The summed E-state index contributed by atoms with van der Waals surface area (Å²) in [6.07, 6.45) is -0.700. The van der Waals surface area contributed by atoms with E-state index < -0.39 is 12.1 Å². The minimum atomic E-state index is -0.700. The van der Waals surface area contributed by atoms with Gasteiger partial charge in [-0.1, -0.05) is 35.9 Å². The number of benzene rings is 2. The zero-order chi connectivity index (χ0) is 15.4. The van der Waals surface area contributed by atoms with Crippen LogP contribution in [0.3, 0.4) is 0 Å². The van der Waals surface area contributed by atoms with Crippen LogP contribution in [0, 0.1) is 0 Å². The fourth-order valence-corrected chi connectivity index (χ4v) is 3.06. The quantitative estimate of drug-likeness (QED) is 0.614. The van der Waals surface area contributed by atoms with Crippen molar-refractivity contribution in [3.8, 4) is 0 Å². The Kier molecular flexibility index (Phi) is 5.26. The molecule has 0 aliphatic heterocycles. The fraction of sp³-hybridized carbons (Fsp3) is 0.250. The highest BCUT2D eigenvalue weighted by Gasteiger charge is 2.14. The van der Waals surface area contributed by atoms with E-state index in [1.54, 1.807) is 6.92 Å². The molecule has 0 fully saturated rings. The zero-order valence-electron chi connectivity index (χ0n) is 11.8. The first-order chi connectivity index (χ1) is 9.99. The van der Waals surface area contributed by atoms with Crippen LogP contribution < -0.4 is 0 Å². The van der Waals surface area contributed by atoms with E-state index in [2.05, 4.69) is 0 Å². The van der Waals surface area contributed by atoms with Crippen molar-refractivity contribution in [3.05, 3.63) is 41.4 Å². The van der Waals surface area contributed by atoms with Crippen molar-refractivity contribution in [2.75, 3.05) is 5.75 Å². The molecule has 0 amide bonds. The van der Waals surface area contributed by atoms with E-state index in [0.29, 0.717) is 5.02 Å². The molecule has 1 atom stereocenters. The Labute approximate surface area is 132 Å². The Morgan fingerprint density at radius 1 is 1.24 bits per heavy atom. The van der Waals surface area contributed by atoms with E-state index >= 15 is 0 Å². The highest BCUT2D eigenvalue weighted by molar-refractivity contribution is 8.00. The third-order valence-electron chi connectivity index (χ3n) is 3.04. The molecule has 110 valence electrons. The van der Waals surface area contributed by atoms with Gasteiger partial charge in [0, 0.05) is 15.3 Å². The van der Waals surface area contributed by atoms with E-state index in [9.17, 15) is 9.59 Å². The Balaban J connectivity index is 2.11. The number of fused-ring (bicyclic) bond motifs is 1. The van der Waals surface area contributed by atoms with Gasteiger partial charge in [-0.15, -0.1) is 11.8 Å². The number of hydrogen-bond donors (Lipinski definition) is 0. The maximum absolute atomic E-state index is 11.7. The Hall–Kier alpha value is -1.52. The predicted octanol–water partition coefficient (Wildman–Crippen LogP) is 4.11. The molecule has 0 saturated carbocycles. The van der Waals surface area contributed by atoms with Crippen LogP contribution in [0.4, 0.5) is 0 Å². The van der Waals surface area contributed by atoms with Gasteiger partial charge in [-0.2, -0.15) is 0 Å². The van der Waals surface area contributed by atoms with Gasteiger partial charge in [-0.25, -0.2) is 0 Å². The third kappa shape index (κ3) is 3.99. The topological polar surface area (TPSA) is 43.4 Å². The third-order valence-corrected chi connectivity index (χ3v) is 4.39. The molecular formula is C16H15ClO3S. The molecule has 0 bridgehead atoms. The minimum absolute atomic E-state index is 0.141. The largest absolute Gasteiger partial charge is 0.454 e. The molecule has 2 aromatic rings. The van der Waals surface area contributed by atoms with Crippen LogP contribution in [-0.4, -0.2) is 23.6 Å². The second-order valence-electron chi connectivity index (χ2n) is 4.63. The zero-order valence-corrected chi connectivity index (χ0v) is 13.3. The van der Waals surface area contributed by atoms with Crippen LogP contribution in [-0.2, 0) is 14.3 Å². The second kappa shape index (κ2) is 6.96. The molecule has 3 nitrogen and oxygen atoms in total. The van der Waals surface area contributed by atoms with E-state index in [1.165, 1.54) is 18.7 Å². The number of Topliss-reactive ketones (excluding diaryl/α,β-unsaturated/α-hetero) is 1. The van der Waals surface area contributed by atoms with Crippen LogP contribution in [0.5, 0.6) is 0 Å². The Morgan fingerprint density at radius 2 is 1.90 bits per heavy atom. The van der Waals surface area contributed by atoms with Crippen molar-refractivity contribution < 1.29 is 14.3 Å². The van der Waals surface area contributed by atoms with Crippen LogP contribution in [0.25, 0.3) is 10.8 Å². The Morgan fingerprint density at radius 3 is 2.57 bits per heavy atom. The van der Waals surface area contributed by atoms with Gasteiger partial charge in [0.1, 0.15) is 0 Å². The average molecular weight is 323 g/mol. The lowest BCUT2D eigenvalue weighted by Crippen LogP contribution is -2.22. The second-order valence-corrected chi connectivity index (χ2v) is 6.05. The molecule has 0 aliphatic carbocycles. The molecule has 1 unspecified atom stereocenters. The summed E-state index contributed by atoms with van der Waals surface area (Å²) in [5.74, 6) is -0.435. The number of rotatable bonds is 5. The summed E-state index contributed by atoms with van der Waals surface area (Å²) >= 11 is 7.58.